The van der Waals surface area contributed by atoms with Gasteiger partial charge in [0.15, 0.2) is 0 Å². The molecule has 0 saturated heterocycles. The van der Waals surface area contributed by atoms with Crippen molar-refractivity contribution in [2.75, 3.05) is 0 Å². The van der Waals surface area contributed by atoms with E-state index in [1.807, 2.05) is 13.0 Å². The fraction of sp³-hybridized carbons (Fsp3) is 0.435. The number of carbonyl (C=O) groups is 2. The van der Waals surface area contributed by atoms with E-state index in [2.05, 4.69) is 5.32 Å². The summed E-state index contributed by atoms with van der Waals surface area (Å²) in [5.74, 6) is -0.745. The van der Waals surface area contributed by atoms with Gasteiger partial charge in [-0.3, -0.25) is 4.79 Å². The molecule has 0 unspecified atom stereocenters. The zero-order valence-electron chi connectivity index (χ0n) is 17.1. The molecule has 0 fully saturated rings. The Bertz CT molecular complexity index is 1200. The summed E-state index contributed by atoms with van der Waals surface area (Å²) in [6.07, 6.45) is 4.54. The highest BCUT2D eigenvalue weighted by molar-refractivity contribution is 5.97. The van der Waals surface area contributed by atoms with Crippen molar-refractivity contribution in [1.29, 1.82) is 0 Å². The number of aryl methyl sites for hydroxylation is 3. The monoisotopic (exact) mass is 410 g/mol. The average Bonchev–Trinajstić information content (AvgIpc) is 3.07. The van der Waals surface area contributed by atoms with Gasteiger partial charge < -0.3 is 24.1 Å². The molecule has 30 heavy (non-hydrogen) atoms. The number of nitrogens with one attached hydrogen (secondary N) is 1. The lowest BCUT2D eigenvalue weighted by Gasteiger charge is -2.17. The Labute approximate surface area is 173 Å². The van der Waals surface area contributed by atoms with Crippen LogP contribution in [-0.4, -0.2) is 17.9 Å². The predicted octanol–water partition coefficient (Wildman–Crippen LogP) is 2.30. The number of amides is 1. The predicted molar refractivity (Wildman–Crippen MR) is 109 cm³/mol. The number of carboxylic acids is 1. The molecule has 7 heteroatoms. The molecule has 0 bridgehead atoms. The van der Waals surface area contributed by atoms with E-state index in [0.29, 0.717) is 11.1 Å². The van der Waals surface area contributed by atoms with Gasteiger partial charge in [0.2, 0.25) is 5.91 Å². The lowest BCUT2D eigenvalue weighted by atomic mass is 9.94. The highest BCUT2D eigenvalue weighted by Crippen LogP contribution is 2.35. The molecule has 1 atom stereocenters. The minimum Gasteiger partial charge on any atom is -0.548 e. The van der Waals surface area contributed by atoms with E-state index in [4.69, 9.17) is 8.83 Å². The molecule has 1 N–H and O–H groups in total. The van der Waals surface area contributed by atoms with E-state index in [-0.39, 0.29) is 19.3 Å². The highest BCUT2D eigenvalue weighted by Gasteiger charge is 2.21. The molecule has 1 aliphatic carbocycles. The lowest BCUT2D eigenvalue weighted by Crippen LogP contribution is -2.47. The van der Waals surface area contributed by atoms with Gasteiger partial charge in [0.1, 0.15) is 16.9 Å². The smallest absolute Gasteiger partial charge is 0.339 e. The second-order valence-corrected chi connectivity index (χ2v) is 7.90. The highest BCUT2D eigenvalue weighted by atomic mass is 16.4. The third-order valence-corrected chi connectivity index (χ3v) is 5.99. The standard InChI is InChI=1S/C23H25NO6/c1-3-17(22(26)27)24-21(25)9-8-13-12(2)15-10-16-14-6-4-5-7-18(14)29-20(16)11-19(15)30-23(13)28/h10-11,17H,3-9H2,1-2H3,(H,24,25)(H,26,27)/p-1/t17-/m1/s1. The minimum atomic E-state index is -1.32. The first-order valence-electron chi connectivity index (χ1n) is 10.4. The molecule has 1 amide bonds. The van der Waals surface area contributed by atoms with Crippen LogP contribution in [0.1, 0.15) is 55.1 Å². The minimum absolute atomic E-state index is 0.00968. The molecule has 4 rings (SSSR count). The van der Waals surface area contributed by atoms with Crippen molar-refractivity contribution >= 4 is 33.8 Å². The van der Waals surface area contributed by atoms with Gasteiger partial charge >= 0.3 is 5.63 Å². The van der Waals surface area contributed by atoms with Crippen LogP contribution in [0.25, 0.3) is 21.9 Å². The molecule has 1 aliphatic rings. The summed E-state index contributed by atoms with van der Waals surface area (Å²) >= 11 is 0. The third kappa shape index (κ3) is 3.60. The van der Waals surface area contributed by atoms with E-state index in [9.17, 15) is 19.5 Å². The zero-order chi connectivity index (χ0) is 21.4. The number of hydrogen-bond acceptors (Lipinski definition) is 6. The molecule has 7 nitrogen and oxygen atoms in total. The normalized spacial score (nSPS) is 14.6. The molecule has 3 aromatic rings. The fourth-order valence-corrected chi connectivity index (χ4v) is 4.27. The van der Waals surface area contributed by atoms with Crippen LogP contribution < -0.4 is 16.0 Å². The van der Waals surface area contributed by atoms with Crippen LogP contribution in [0, 0.1) is 6.92 Å². The second kappa shape index (κ2) is 7.97. The van der Waals surface area contributed by atoms with Crippen LogP contribution in [0.2, 0.25) is 0 Å². The maximum atomic E-state index is 12.6. The molecule has 0 radical (unpaired) electrons. The lowest BCUT2D eigenvalue weighted by molar-refractivity contribution is -0.308. The van der Waals surface area contributed by atoms with Crippen LogP contribution in [0.15, 0.2) is 25.8 Å². The summed E-state index contributed by atoms with van der Waals surface area (Å²) in [4.78, 5) is 35.7. The van der Waals surface area contributed by atoms with Gasteiger partial charge in [-0.05, 0) is 50.7 Å². The first kappa shape index (κ1) is 20.2. The Morgan fingerprint density at radius 2 is 1.87 bits per heavy atom. The molecule has 1 aromatic carbocycles. The summed E-state index contributed by atoms with van der Waals surface area (Å²) in [6, 6.07) is 2.76. The van der Waals surface area contributed by atoms with Gasteiger partial charge in [0.25, 0.3) is 0 Å². The Kier molecular flexibility index (Phi) is 5.37. The Hall–Kier alpha value is -3.09. The van der Waals surface area contributed by atoms with Crippen LogP contribution in [0.5, 0.6) is 0 Å². The zero-order valence-corrected chi connectivity index (χ0v) is 17.1. The van der Waals surface area contributed by atoms with E-state index in [1.54, 1.807) is 13.0 Å². The van der Waals surface area contributed by atoms with Crippen LogP contribution >= 0.6 is 0 Å². The van der Waals surface area contributed by atoms with Crippen molar-refractivity contribution in [3.05, 3.63) is 45.0 Å². The first-order valence-corrected chi connectivity index (χ1v) is 10.4. The number of carboxylic acid groups (broad SMARTS) is 1. The Morgan fingerprint density at radius 3 is 2.60 bits per heavy atom. The van der Waals surface area contributed by atoms with Crippen molar-refractivity contribution in [2.24, 2.45) is 0 Å². The van der Waals surface area contributed by atoms with E-state index in [0.717, 1.165) is 53.4 Å². The maximum absolute atomic E-state index is 12.6. The molecule has 0 aliphatic heterocycles. The summed E-state index contributed by atoms with van der Waals surface area (Å²) in [5.41, 5.74) is 3.14. The Morgan fingerprint density at radius 1 is 1.13 bits per heavy atom. The van der Waals surface area contributed by atoms with E-state index in [1.165, 1.54) is 5.56 Å². The SMILES string of the molecule is CC[C@@H](NC(=O)CCc1c(C)c2cc3c4c(oc3cc2oc1=O)CCCC4)C(=O)[O-]. The molecular formula is C23H24NO6-. The number of fused-ring (bicyclic) bond motifs is 4. The summed E-state index contributed by atoms with van der Waals surface area (Å²) in [7, 11) is 0. The number of rotatable bonds is 6. The molecule has 0 spiro atoms. The number of carbonyl (C=O) groups excluding carboxylic acids is 2. The molecule has 158 valence electrons. The van der Waals surface area contributed by atoms with E-state index >= 15 is 0 Å². The second-order valence-electron chi connectivity index (χ2n) is 7.90. The van der Waals surface area contributed by atoms with Gasteiger partial charge in [-0.15, -0.1) is 0 Å². The van der Waals surface area contributed by atoms with Crippen molar-refractivity contribution < 1.29 is 23.5 Å². The van der Waals surface area contributed by atoms with E-state index < -0.39 is 23.5 Å². The van der Waals surface area contributed by atoms with Gasteiger partial charge in [-0.25, -0.2) is 4.79 Å². The van der Waals surface area contributed by atoms with Crippen molar-refractivity contribution in [2.45, 2.75) is 64.8 Å². The average molecular weight is 410 g/mol. The first-order chi connectivity index (χ1) is 14.4. The number of furan rings is 1. The summed E-state index contributed by atoms with van der Waals surface area (Å²) in [5, 5.41) is 15.3. The molecule has 2 heterocycles. The topological polar surface area (TPSA) is 113 Å². The molecule has 0 saturated carbocycles. The molecular weight excluding hydrogens is 386 g/mol. The van der Waals surface area contributed by atoms with Gasteiger partial charge in [-0.2, -0.15) is 0 Å². The largest absolute Gasteiger partial charge is 0.548 e. The van der Waals surface area contributed by atoms with Gasteiger partial charge in [0.05, 0.1) is 12.0 Å². The van der Waals surface area contributed by atoms with Crippen molar-refractivity contribution in [1.82, 2.24) is 5.32 Å². The van der Waals surface area contributed by atoms with Crippen LogP contribution in [-0.2, 0) is 28.9 Å². The number of aliphatic carboxylic acids is 1. The van der Waals surface area contributed by atoms with Crippen molar-refractivity contribution in [3.8, 4) is 0 Å². The summed E-state index contributed by atoms with van der Waals surface area (Å²) < 4.78 is 11.5. The quantitative estimate of drug-likeness (QED) is 0.624. The van der Waals surface area contributed by atoms with Gasteiger partial charge in [0, 0.05) is 40.8 Å². The molecule has 2 aromatic heterocycles. The fourth-order valence-electron chi connectivity index (χ4n) is 4.27. The van der Waals surface area contributed by atoms with Crippen LogP contribution in [0.3, 0.4) is 0 Å². The number of hydrogen-bond donors (Lipinski definition) is 1. The van der Waals surface area contributed by atoms with Crippen molar-refractivity contribution in [3.63, 3.8) is 0 Å². The Balaban J connectivity index is 1.65. The maximum Gasteiger partial charge on any atom is 0.339 e. The van der Waals surface area contributed by atoms with Crippen LogP contribution in [0.4, 0.5) is 0 Å². The van der Waals surface area contributed by atoms with Gasteiger partial charge in [-0.1, -0.05) is 6.92 Å². The summed E-state index contributed by atoms with van der Waals surface area (Å²) in [6.45, 7) is 3.50. The third-order valence-electron chi connectivity index (χ3n) is 5.99. The number of benzene rings is 1.